The van der Waals surface area contributed by atoms with Crippen molar-refractivity contribution in [2.45, 2.75) is 64.4 Å². The fourth-order valence-electron chi connectivity index (χ4n) is 1.87. The molecule has 122 valence electrons. The smallest absolute Gasteiger partial charge is 0.241 e. The van der Waals surface area contributed by atoms with E-state index < -0.39 is 10.0 Å². The molecule has 0 bridgehead atoms. The van der Waals surface area contributed by atoms with E-state index in [9.17, 15) is 8.42 Å². The molecule has 0 radical (unpaired) electrons. The average molecular weight is 333 g/mol. The molecule has 1 aromatic rings. The summed E-state index contributed by atoms with van der Waals surface area (Å²) < 4.78 is 27.0. The standard InChI is InChI=1S/C15H28N2O2S2/c1-12(2)7-5-6-8-17-21(18,19)15-9-14(20-11-15)10-16-13(3)4/h9,11-13,16-17H,5-8,10H2,1-4H3. The van der Waals surface area contributed by atoms with Gasteiger partial charge in [-0.15, -0.1) is 11.3 Å². The number of rotatable bonds is 10. The lowest BCUT2D eigenvalue weighted by Gasteiger charge is -2.07. The van der Waals surface area contributed by atoms with Gasteiger partial charge in [0.2, 0.25) is 10.0 Å². The predicted molar refractivity (Wildman–Crippen MR) is 90.2 cm³/mol. The van der Waals surface area contributed by atoms with Gasteiger partial charge < -0.3 is 5.32 Å². The van der Waals surface area contributed by atoms with Gasteiger partial charge in [-0.25, -0.2) is 13.1 Å². The Morgan fingerprint density at radius 1 is 1.19 bits per heavy atom. The first-order chi connectivity index (χ1) is 9.81. The number of hydrogen-bond acceptors (Lipinski definition) is 4. The summed E-state index contributed by atoms with van der Waals surface area (Å²) >= 11 is 1.48. The van der Waals surface area contributed by atoms with Gasteiger partial charge in [-0.1, -0.05) is 40.5 Å². The Labute approximate surface area is 133 Å². The highest BCUT2D eigenvalue weighted by Gasteiger charge is 2.15. The summed E-state index contributed by atoms with van der Waals surface area (Å²) in [6, 6.07) is 2.16. The van der Waals surface area contributed by atoms with Crippen LogP contribution >= 0.6 is 11.3 Å². The Morgan fingerprint density at radius 3 is 2.52 bits per heavy atom. The molecule has 0 spiro atoms. The van der Waals surface area contributed by atoms with E-state index in [0.29, 0.717) is 29.9 Å². The van der Waals surface area contributed by atoms with Crippen LogP contribution in [-0.2, 0) is 16.6 Å². The van der Waals surface area contributed by atoms with Crippen molar-refractivity contribution in [2.75, 3.05) is 6.54 Å². The van der Waals surface area contributed by atoms with Gasteiger partial charge >= 0.3 is 0 Å². The molecule has 1 rings (SSSR count). The third kappa shape index (κ3) is 7.40. The lowest BCUT2D eigenvalue weighted by atomic mass is 10.1. The van der Waals surface area contributed by atoms with Gasteiger partial charge in [-0.3, -0.25) is 0 Å². The van der Waals surface area contributed by atoms with Gasteiger partial charge in [-0.05, 0) is 18.4 Å². The Hall–Kier alpha value is -0.430. The minimum absolute atomic E-state index is 0.386. The zero-order valence-corrected chi connectivity index (χ0v) is 15.1. The average Bonchev–Trinajstić information content (AvgIpc) is 2.85. The summed E-state index contributed by atoms with van der Waals surface area (Å²) in [6.45, 7) is 9.75. The predicted octanol–water partition coefficient (Wildman–Crippen LogP) is 3.35. The summed E-state index contributed by atoms with van der Waals surface area (Å²) in [6.07, 6.45) is 3.10. The monoisotopic (exact) mass is 332 g/mol. The third-order valence-electron chi connectivity index (χ3n) is 3.12. The Bertz CT molecular complexity index is 507. The molecule has 21 heavy (non-hydrogen) atoms. The van der Waals surface area contributed by atoms with Crippen LogP contribution < -0.4 is 10.0 Å². The van der Waals surface area contributed by atoms with Crippen LogP contribution in [0.25, 0.3) is 0 Å². The third-order valence-corrected chi connectivity index (χ3v) is 5.65. The molecule has 0 atom stereocenters. The second-order valence-electron chi connectivity index (χ2n) is 6.07. The molecule has 1 heterocycles. The molecule has 0 aliphatic heterocycles. The number of sulfonamides is 1. The van der Waals surface area contributed by atoms with Crippen LogP contribution in [-0.4, -0.2) is 21.0 Å². The lowest BCUT2D eigenvalue weighted by molar-refractivity contribution is 0.530. The zero-order chi connectivity index (χ0) is 15.9. The van der Waals surface area contributed by atoms with Gasteiger partial charge in [0, 0.05) is 29.4 Å². The molecule has 0 aliphatic rings. The van der Waals surface area contributed by atoms with E-state index in [1.54, 1.807) is 11.4 Å². The van der Waals surface area contributed by atoms with E-state index in [4.69, 9.17) is 0 Å². The topological polar surface area (TPSA) is 58.2 Å². The summed E-state index contributed by atoms with van der Waals surface area (Å²) in [5.74, 6) is 0.675. The highest BCUT2D eigenvalue weighted by atomic mass is 32.2. The van der Waals surface area contributed by atoms with Crippen molar-refractivity contribution >= 4 is 21.4 Å². The van der Waals surface area contributed by atoms with Crippen LogP contribution in [0.1, 0.15) is 51.8 Å². The first kappa shape index (κ1) is 18.6. The molecule has 0 fully saturated rings. The van der Waals surface area contributed by atoms with E-state index in [-0.39, 0.29) is 0 Å². The van der Waals surface area contributed by atoms with Crippen molar-refractivity contribution in [3.05, 3.63) is 16.3 Å². The summed E-state index contributed by atoms with van der Waals surface area (Å²) in [4.78, 5) is 1.43. The lowest BCUT2D eigenvalue weighted by Crippen LogP contribution is -2.24. The molecule has 2 N–H and O–H groups in total. The minimum Gasteiger partial charge on any atom is -0.310 e. The van der Waals surface area contributed by atoms with Crippen LogP contribution in [0.2, 0.25) is 0 Å². The normalized spacial score (nSPS) is 12.5. The highest BCUT2D eigenvalue weighted by Crippen LogP contribution is 2.19. The van der Waals surface area contributed by atoms with Gasteiger partial charge in [0.25, 0.3) is 0 Å². The first-order valence-corrected chi connectivity index (χ1v) is 9.98. The van der Waals surface area contributed by atoms with E-state index in [0.717, 1.165) is 24.1 Å². The number of hydrogen-bond donors (Lipinski definition) is 2. The maximum Gasteiger partial charge on any atom is 0.241 e. The largest absolute Gasteiger partial charge is 0.310 e. The quantitative estimate of drug-likeness (QED) is 0.646. The van der Waals surface area contributed by atoms with Crippen molar-refractivity contribution in [2.24, 2.45) is 5.92 Å². The Kier molecular flexibility index (Phi) is 7.87. The van der Waals surface area contributed by atoms with Crippen LogP contribution in [0.3, 0.4) is 0 Å². The molecule has 0 saturated heterocycles. The van der Waals surface area contributed by atoms with Crippen molar-refractivity contribution in [3.8, 4) is 0 Å². The molecule has 0 aliphatic carbocycles. The van der Waals surface area contributed by atoms with Gasteiger partial charge in [-0.2, -0.15) is 0 Å². The van der Waals surface area contributed by atoms with Crippen molar-refractivity contribution in [1.82, 2.24) is 10.0 Å². The van der Waals surface area contributed by atoms with Crippen LogP contribution in [0, 0.1) is 5.92 Å². The van der Waals surface area contributed by atoms with Crippen molar-refractivity contribution in [1.29, 1.82) is 0 Å². The second kappa shape index (κ2) is 8.88. The summed E-state index contributed by atoms with van der Waals surface area (Å²) in [5.41, 5.74) is 0. The molecule has 6 heteroatoms. The highest BCUT2D eigenvalue weighted by molar-refractivity contribution is 7.89. The molecule has 0 unspecified atom stereocenters. The number of unbranched alkanes of at least 4 members (excludes halogenated alkanes) is 1. The van der Waals surface area contributed by atoms with E-state index >= 15 is 0 Å². The zero-order valence-electron chi connectivity index (χ0n) is 13.5. The number of nitrogens with one attached hydrogen (secondary N) is 2. The minimum atomic E-state index is -3.35. The summed E-state index contributed by atoms with van der Waals surface area (Å²) in [7, 11) is -3.35. The van der Waals surface area contributed by atoms with E-state index in [2.05, 4.69) is 37.7 Å². The molecular weight excluding hydrogens is 304 g/mol. The van der Waals surface area contributed by atoms with Crippen LogP contribution in [0.15, 0.2) is 16.3 Å². The van der Waals surface area contributed by atoms with E-state index in [1.807, 2.05) is 0 Å². The fraction of sp³-hybridized carbons (Fsp3) is 0.733. The Balaban J connectivity index is 2.43. The fourth-order valence-corrected chi connectivity index (χ4v) is 4.17. The first-order valence-electron chi connectivity index (χ1n) is 7.61. The van der Waals surface area contributed by atoms with Gasteiger partial charge in [0.1, 0.15) is 0 Å². The van der Waals surface area contributed by atoms with Crippen LogP contribution in [0.5, 0.6) is 0 Å². The maximum absolute atomic E-state index is 12.2. The molecule has 4 nitrogen and oxygen atoms in total. The van der Waals surface area contributed by atoms with Gasteiger partial charge in [0.15, 0.2) is 0 Å². The van der Waals surface area contributed by atoms with Crippen molar-refractivity contribution < 1.29 is 8.42 Å². The number of thiophene rings is 1. The molecule has 0 amide bonds. The maximum atomic E-state index is 12.2. The molecule has 1 aromatic heterocycles. The van der Waals surface area contributed by atoms with Crippen LogP contribution in [0.4, 0.5) is 0 Å². The molecule has 0 saturated carbocycles. The second-order valence-corrected chi connectivity index (χ2v) is 8.83. The van der Waals surface area contributed by atoms with E-state index in [1.165, 1.54) is 11.3 Å². The molecular formula is C15H28N2O2S2. The molecule has 0 aromatic carbocycles. The van der Waals surface area contributed by atoms with Crippen molar-refractivity contribution in [3.63, 3.8) is 0 Å². The van der Waals surface area contributed by atoms with Gasteiger partial charge in [0.05, 0.1) is 4.90 Å². The Morgan fingerprint density at radius 2 is 1.90 bits per heavy atom. The summed E-state index contributed by atoms with van der Waals surface area (Å²) in [5, 5.41) is 5.01. The SMILES string of the molecule is CC(C)CCCCNS(=O)(=O)c1csc(CNC(C)C)c1.